The molecular formula is C20H22O. The molecule has 1 aliphatic rings. The van der Waals surface area contributed by atoms with Crippen molar-refractivity contribution in [3.8, 4) is 0 Å². The maximum atomic E-state index is 6.37. The third-order valence-electron chi connectivity index (χ3n) is 4.43. The van der Waals surface area contributed by atoms with E-state index in [9.17, 15) is 0 Å². The normalized spacial score (nSPS) is 19.3. The van der Waals surface area contributed by atoms with Crippen LogP contribution in [0.25, 0.3) is 6.08 Å². The van der Waals surface area contributed by atoms with Gasteiger partial charge in [0.05, 0.1) is 11.7 Å². The largest absolute Gasteiger partial charge is 0.363 e. The second-order valence-electron chi connectivity index (χ2n) is 6.26. The van der Waals surface area contributed by atoms with Gasteiger partial charge in [-0.25, -0.2) is 0 Å². The van der Waals surface area contributed by atoms with E-state index < -0.39 is 0 Å². The average Bonchev–Trinajstić information content (AvgIpc) is 2.73. The molecule has 0 radical (unpaired) electrons. The lowest BCUT2D eigenvalue weighted by molar-refractivity contribution is -0.0516. The van der Waals surface area contributed by atoms with Crippen molar-refractivity contribution < 1.29 is 4.74 Å². The molecule has 0 fully saturated rings. The van der Waals surface area contributed by atoms with Crippen LogP contribution < -0.4 is 0 Å². The molecule has 1 heterocycles. The summed E-state index contributed by atoms with van der Waals surface area (Å²) >= 11 is 0. The number of fused-ring (bicyclic) bond motifs is 1. The Balaban J connectivity index is 2.04. The van der Waals surface area contributed by atoms with Crippen LogP contribution in [0.15, 0.2) is 49.0 Å². The number of benzene rings is 2. The lowest BCUT2D eigenvalue weighted by Crippen LogP contribution is -2.16. The fourth-order valence-electron chi connectivity index (χ4n) is 3.31. The zero-order valence-electron chi connectivity index (χ0n) is 13.0. The van der Waals surface area contributed by atoms with Gasteiger partial charge >= 0.3 is 0 Å². The summed E-state index contributed by atoms with van der Waals surface area (Å²) in [4.78, 5) is 0. The summed E-state index contributed by atoms with van der Waals surface area (Å²) in [7, 11) is 0. The standard InChI is InChI=1S/C20H22O/c1-5-15-11-8-12-17-19(15)18(21-20(17,3)4)13-16-10-7-6-9-14(16)2/h5-12,18H,1,13H2,2-4H3. The summed E-state index contributed by atoms with van der Waals surface area (Å²) in [6.07, 6.45) is 2.95. The third-order valence-corrected chi connectivity index (χ3v) is 4.43. The molecule has 3 rings (SSSR count). The molecule has 0 saturated carbocycles. The summed E-state index contributed by atoms with van der Waals surface area (Å²) in [5.74, 6) is 0. The molecule has 1 unspecified atom stereocenters. The molecule has 0 amide bonds. The van der Waals surface area contributed by atoms with E-state index in [1.165, 1.54) is 27.8 Å². The highest BCUT2D eigenvalue weighted by molar-refractivity contribution is 5.58. The van der Waals surface area contributed by atoms with Crippen molar-refractivity contribution in [2.24, 2.45) is 0 Å². The van der Waals surface area contributed by atoms with E-state index in [-0.39, 0.29) is 11.7 Å². The fraction of sp³-hybridized carbons (Fsp3) is 0.300. The van der Waals surface area contributed by atoms with Crippen LogP contribution in [0.2, 0.25) is 0 Å². The van der Waals surface area contributed by atoms with E-state index in [4.69, 9.17) is 4.74 Å². The van der Waals surface area contributed by atoms with Gasteiger partial charge in [0.2, 0.25) is 0 Å². The average molecular weight is 278 g/mol. The molecular weight excluding hydrogens is 256 g/mol. The molecule has 1 heteroatoms. The van der Waals surface area contributed by atoms with Gasteiger partial charge in [-0.3, -0.25) is 0 Å². The van der Waals surface area contributed by atoms with Crippen molar-refractivity contribution in [1.82, 2.24) is 0 Å². The summed E-state index contributed by atoms with van der Waals surface area (Å²) in [6.45, 7) is 10.4. The van der Waals surface area contributed by atoms with Crippen LogP contribution in [0.3, 0.4) is 0 Å². The fourth-order valence-corrected chi connectivity index (χ4v) is 3.31. The first-order valence-electron chi connectivity index (χ1n) is 7.51. The summed E-state index contributed by atoms with van der Waals surface area (Å²) in [5, 5.41) is 0. The van der Waals surface area contributed by atoms with Gasteiger partial charge in [-0.2, -0.15) is 0 Å². The monoisotopic (exact) mass is 278 g/mol. The van der Waals surface area contributed by atoms with E-state index in [0.29, 0.717) is 0 Å². The second-order valence-corrected chi connectivity index (χ2v) is 6.26. The highest BCUT2D eigenvalue weighted by Crippen LogP contribution is 2.46. The first kappa shape index (κ1) is 14.1. The molecule has 21 heavy (non-hydrogen) atoms. The van der Waals surface area contributed by atoms with Crippen LogP contribution in [-0.2, 0) is 16.8 Å². The van der Waals surface area contributed by atoms with Crippen LogP contribution in [-0.4, -0.2) is 0 Å². The molecule has 1 aliphatic heterocycles. The number of aryl methyl sites for hydroxylation is 1. The van der Waals surface area contributed by atoms with Gasteiger partial charge in [0.1, 0.15) is 0 Å². The molecule has 0 spiro atoms. The number of ether oxygens (including phenoxy) is 1. The summed E-state index contributed by atoms with van der Waals surface area (Å²) in [6, 6.07) is 14.9. The summed E-state index contributed by atoms with van der Waals surface area (Å²) < 4.78 is 6.37. The lowest BCUT2D eigenvalue weighted by Gasteiger charge is -2.21. The van der Waals surface area contributed by atoms with Crippen LogP contribution in [0.4, 0.5) is 0 Å². The van der Waals surface area contributed by atoms with Crippen LogP contribution in [0, 0.1) is 6.92 Å². The van der Waals surface area contributed by atoms with Crippen molar-refractivity contribution in [2.45, 2.75) is 38.9 Å². The molecule has 0 saturated heterocycles. The van der Waals surface area contributed by atoms with Crippen LogP contribution >= 0.6 is 0 Å². The van der Waals surface area contributed by atoms with Crippen LogP contribution in [0.1, 0.15) is 47.8 Å². The summed E-state index contributed by atoms with van der Waals surface area (Å²) in [5.41, 5.74) is 6.23. The SMILES string of the molecule is C=Cc1cccc2c1C(Cc1ccccc1C)OC2(C)C. The quantitative estimate of drug-likeness (QED) is 0.751. The Morgan fingerprint density at radius 3 is 2.62 bits per heavy atom. The zero-order valence-corrected chi connectivity index (χ0v) is 13.0. The molecule has 0 bridgehead atoms. The molecule has 108 valence electrons. The van der Waals surface area contributed by atoms with E-state index in [1.54, 1.807) is 0 Å². The highest BCUT2D eigenvalue weighted by Gasteiger charge is 2.38. The lowest BCUT2D eigenvalue weighted by atomic mass is 9.89. The topological polar surface area (TPSA) is 9.23 Å². The molecule has 2 aromatic carbocycles. The van der Waals surface area contributed by atoms with Gasteiger partial charge in [0.15, 0.2) is 0 Å². The minimum Gasteiger partial charge on any atom is -0.363 e. The van der Waals surface area contributed by atoms with Crippen molar-refractivity contribution in [2.75, 3.05) is 0 Å². The molecule has 1 nitrogen and oxygen atoms in total. The predicted molar refractivity (Wildman–Crippen MR) is 88.3 cm³/mol. The Morgan fingerprint density at radius 2 is 1.90 bits per heavy atom. The van der Waals surface area contributed by atoms with Gasteiger partial charge in [0.25, 0.3) is 0 Å². The number of rotatable bonds is 3. The van der Waals surface area contributed by atoms with Gasteiger partial charge in [0, 0.05) is 6.42 Å². The Kier molecular flexibility index (Phi) is 3.46. The van der Waals surface area contributed by atoms with Gasteiger partial charge in [-0.05, 0) is 48.6 Å². The van der Waals surface area contributed by atoms with Crippen molar-refractivity contribution in [3.05, 3.63) is 76.9 Å². The Bertz CT molecular complexity index is 682. The second kappa shape index (κ2) is 5.16. The molecule has 0 aliphatic carbocycles. The Morgan fingerprint density at radius 1 is 1.14 bits per heavy atom. The van der Waals surface area contributed by atoms with E-state index >= 15 is 0 Å². The number of hydrogen-bond acceptors (Lipinski definition) is 1. The van der Waals surface area contributed by atoms with E-state index in [1.807, 2.05) is 6.08 Å². The van der Waals surface area contributed by atoms with Crippen molar-refractivity contribution >= 4 is 6.08 Å². The minimum absolute atomic E-state index is 0.102. The first-order chi connectivity index (χ1) is 10.0. The maximum absolute atomic E-state index is 6.37. The Hall–Kier alpha value is -1.86. The van der Waals surface area contributed by atoms with Crippen molar-refractivity contribution in [1.29, 1.82) is 0 Å². The highest BCUT2D eigenvalue weighted by atomic mass is 16.5. The first-order valence-corrected chi connectivity index (χ1v) is 7.51. The predicted octanol–water partition coefficient (Wildman–Crippen LogP) is 5.19. The number of hydrogen-bond donors (Lipinski definition) is 0. The minimum atomic E-state index is -0.234. The molecule has 0 N–H and O–H groups in total. The molecule has 0 aromatic heterocycles. The molecule has 1 atom stereocenters. The van der Waals surface area contributed by atoms with E-state index in [2.05, 4.69) is 69.8 Å². The smallest absolute Gasteiger partial charge is 0.0887 e. The third kappa shape index (κ3) is 2.43. The molecule has 2 aromatic rings. The van der Waals surface area contributed by atoms with Gasteiger partial charge in [-0.1, -0.05) is 55.1 Å². The van der Waals surface area contributed by atoms with Crippen molar-refractivity contribution in [3.63, 3.8) is 0 Å². The maximum Gasteiger partial charge on any atom is 0.0887 e. The van der Waals surface area contributed by atoms with Crippen LogP contribution in [0.5, 0.6) is 0 Å². The van der Waals surface area contributed by atoms with Gasteiger partial charge < -0.3 is 4.74 Å². The zero-order chi connectivity index (χ0) is 15.0. The van der Waals surface area contributed by atoms with E-state index in [0.717, 1.165) is 6.42 Å². The van der Waals surface area contributed by atoms with Gasteiger partial charge in [-0.15, -0.1) is 0 Å². The Labute approximate surface area is 127 Å².